The zero-order chi connectivity index (χ0) is 23.4. The number of thioether (sulfide) groups is 1. The summed E-state index contributed by atoms with van der Waals surface area (Å²) in [5.41, 5.74) is 1.23. The van der Waals surface area contributed by atoms with E-state index >= 15 is 0 Å². The topological polar surface area (TPSA) is 77.3 Å². The number of ether oxygens (including phenoxy) is 1. The summed E-state index contributed by atoms with van der Waals surface area (Å²) in [7, 11) is 1.59. The van der Waals surface area contributed by atoms with Crippen molar-refractivity contribution in [2.24, 2.45) is 0 Å². The van der Waals surface area contributed by atoms with Gasteiger partial charge in [0.1, 0.15) is 5.75 Å². The molecule has 1 aliphatic heterocycles. The zero-order valence-electron chi connectivity index (χ0n) is 18.5. The second-order valence-corrected chi connectivity index (χ2v) is 9.07. The lowest BCUT2D eigenvalue weighted by Gasteiger charge is -2.24. The smallest absolute Gasteiger partial charge is 0.254 e. The summed E-state index contributed by atoms with van der Waals surface area (Å²) in [5, 5.41) is 10.1. The average molecular weight is 485 g/mol. The molecule has 0 saturated carbocycles. The molecule has 33 heavy (non-hydrogen) atoms. The van der Waals surface area contributed by atoms with Crippen LogP contribution in [-0.2, 0) is 6.54 Å². The fraction of sp³-hybridized carbons (Fsp3) is 0.333. The molecule has 1 aliphatic rings. The molecule has 0 spiro atoms. The van der Waals surface area contributed by atoms with E-state index in [0.29, 0.717) is 40.1 Å². The van der Waals surface area contributed by atoms with Gasteiger partial charge in [0.25, 0.3) is 5.91 Å². The second kappa shape index (κ2) is 10.4. The van der Waals surface area contributed by atoms with Crippen LogP contribution in [0.1, 0.15) is 52.3 Å². The number of hydrogen-bond donors (Lipinski definition) is 0. The van der Waals surface area contributed by atoms with Gasteiger partial charge < -0.3 is 14.2 Å². The lowest BCUT2D eigenvalue weighted by molar-refractivity contribution is 0.0726. The van der Waals surface area contributed by atoms with E-state index in [0.717, 1.165) is 18.7 Å². The fourth-order valence-electron chi connectivity index (χ4n) is 3.98. The molecule has 1 atom stereocenters. The third kappa shape index (κ3) is 5.07. The first-order valence-electron chi connectivity index (χ1n) is 10.8. The van der Waals surface area contributed by atoms with E-state index in [-0.39, 0.29) is 23.5 Å². The van der Waals surface area contributed by atoms with E-state index in [1.165, 1.54) is 11.8 Å². The lowest BCUT2D eigenvalue weighted by atomic mass is 10.1. The van der Waals surface area contributed by atoms with Crippen LogP contribution in [0, 0.1) is 0 Å². The van der Waals surface area contributed by atoms with E-state index in [1.807, 2.05) is 16.4 Å². The first-order chi connectivity index (χ1) is 16.0. The number of ketones is 1. The summed E-state index contributed by atoms with van der Waals surface area (Å²) >= 11 is 7.33. The van der Waals surface area contributed by atoms with E-state index in [1.54, 1.807) is 55.6 Å². The van der Waals surface area contributed by atoms with Gasteiger partial charge in [-0.3, -0.25) is 9.59 Å². The molecule has 1 fully saturated rings. The van der Waals surface area contributed by atoms with Crippen molar-refractivity contribution in [3.05, 3.63) is 70.5 Å². The van der Waals surface area contributed by atoms with Crippen molar-refractivity contribution in [3.8, 4) is 5.75 Å². The highest BCUT2D eigenvalue weighted by molar-refractivity contribution is 7.99. The van der Waals surface area contributed by atoms with Gasteiger partial charge in [-0.05, 0) is 68.3 Å². The predicted octanol–water partition coefficient (Wildman–Crippen LogP) is 4.91. The van der Waals surface area contributed by atoms with Crippen LogP contribution in [0.3, 0.4) is 0 Å². The maximum Gasteiger partial charge on any atom is 0.254 e. The van der Waals surface area contributed by atoms with Crippen molar-refractivity contribution in [1.29, 1.82) is 0 Å². The summed E-state index contributed by atoms with van der Waals surface area (Å²) in [6, 6.07) is 13.9. The summed E-state index contributed by atoms with van der Waals surface area (Å²) in [4.78, 5) is 27.6. The highest BCUT2D eigenvalue weighted by atomic mass is 35.5. The van der Waals surface area contributed by atoms with Crippen molar-refractivity contribution in [3.63, 3.8) is 0 Å². The number of benzene rings is 2. The Balaban J connectivity index is 1.48. The number of rotatable bonds is 8. The standard InChI is InChI=1S/C24H25ClN4O3S/c1-3-28-22(20-5-4-14-29(20)23(31)17-6-10-18(25)11-7-17)26-27-24(28)33-15-21(30)16-8-12-19(32-2)13-9-16/h6-13,20H,3-5,14-15H2,1-2H3. The molecule has 2 aromatic carbocycles. The number of amides is 1. The molecule has 9 heteroatoms. The van der Waals surface area contributed by atoms with Crippen LogP contribution < -0.4 is 4.74 Å². The normalized spacial score (nSPS) is 15.6. The number of nitrogens with zero attached hydrogens (tertiary/aromatic N) is 4. The Kier molecular flexibility index (Phi) is 7.35. The minimum atomic E-state index is -0.146. The Morgan fingerprint density at radius 1 is 1.09 bits per heavy atom. The molecule has 1 unspecified atom stereocenters. The summed E-state index contributed by atoms with van der Waals surface area (Å²) < 4.78 is 7.15. The summed E-state index contributed by atoms with van der Waals surface area (Å²) in [6.45, 7) is 3.34. The fourth-order valence-corrected chi connectivity index (χ4v) is 5.01. The van der Waals surface area contributed by atoms with Gasteiger partial charge >= 0.3 is 0 Å². The molecule has 172 valence electrons. The first kappa shape index (κ1) is 23.3. The molecule has 1 amide bonds. The number of carbonyl (C=O) groups excluding carboxylic acids is 2. The van der Waals surface area contributed by atoms with E-state index < -0.39 is 0 Å². The van der Waals surface area contributed by atoms with Crippen molar-refractivity contribution in [1.82, 2.24) is 19.7 Å². The van der Waals surface area contributed by atoms with E-state index in [4.69, 9.17) is 16.3 Å². The molecule has 3 aromatic rings. The predicted molar refractivity (Wildman–Crippen MR) is 128 cm³/mol. The average Bonchev–Trinajstić information content (AvgIpc) is 3.49. The number of Topliss-reactive ketones (excluding diaryl/α,β-unsaturated/α-hetero) is 1. The quantitative estimate of drug-likeness (QED) is 0.334. The molecular formula is C24H25ClN4O3S. The number of aromatic nitrogens is 3. The second-order valence-electron chi connectivity index (χ2n) is 7.69. The molecule has 4 rings (SSSR count). The zero-order valence-corrected chi connectivity index (χ0v) is 20.1. The van der Waals surface area contributed by atoms with Crippen LogP contribution >= 0.6 is 23.4 Å². The van der Waals surface area contributed by atoms with E-state index in [9.17, 15) is 9.59 Å². The van der Waals surface area contributed by atoms with Crippen LogP contribution in [0.25, 0.3) is 0 Å². The number of hydrogen-bond acceptors (Lipinski definition) is 6. The van der Waals surface area contributed by atoms with Crippen LogP contribution in [0.5, 0.6) is 5.75 Å². The minimum Gasteiger partial charge on any atom is -0.497 e. The largest absolute Gasteiger partial charge is 0.497 e. The van der Waals surface area contributed by atoms with Crippen LogP contribution in [0.4, 0.5) is 0 Å². The number of halogens is 1. The maximum atomic E-state index is 13.1. The van der Waals surface area contributed by atoms with E-state index in [2.05, 4.69) is 10.2 Å². The van der Waals surface area contributed by atoms with Crippen LogP contribution in [0.15, 0.2) is 53.7 Å². The van der Waals surface area contributed by atoms with Gasteiger partial charge in [-0.15, -0.1) is 10.2 Å². The van der Waals surface area contributed by atoms with Crippen molar-refractivity contribution in [2.75, 3.05) is 19.4 Å². The van der Waals surface area contributed by atoms with Gasteiger partial charge in [-0.1, -0.05) is 23.4 Å². The van der Waals surface area contributed by atoms with Crippen molar-refractivity contribution >= 4 is 35.1 Å². The van der Waals surface area contributed by atoms with Gasteiger partial charge in [0, 0.05) is 29.2 Å². The SMILES string of the molecule is CCn1c(SCC(=O)c2ccc(OC)cc2)nnc1C1CCCN1C(=O)c1ccc(Cl)cc1. The Labute approximate surface area is 202 Å². The molecule has 7 nitrogen and oxygen atoms in total. The van der Waals surface area contributed by atoms with Gasteiger partial charge in [0.2, 0.25) is 0 Å². The molecule has 1 aromatic heterocycles. The van der Waals surface area contributed by atoms with Crippen LogP contribution in [-0.4, -0.2) is 50.8 Å². The molecular weight excluding hydrogens is 460 g/mol. The monoisotopic (exact) mass is 484 g/mol. The minimum absolute atomic E-state index is 0.00950. The lowest BCUT2D eigenvalue weighted by Crippen LogP contribution is -2.32. The summed E-state index contributed by atoms with van der Waals surface area (Å²) in [6.07, 6.45) is 1.73. The highest BCUT2D eigenvalue weighted by Gasteiger charge is 2.34. The number of carbonyl (C=O) groups is 2. The molecule has 0 N–H and O–H groups in total. The third-order valence-electron chi connectivity index (χ3n) is 5.71. The molecule has 0 radical (unpaired) electrons. The van der Waals surface area contributed by atoms with Crippen molar-refractivity contribution < 1.29 is 14.3 Å². The van der Waals surface area contributed by atoms with Crippen molar-refractivity contribution in [2.45, 2.75) is 37.5 Å². The third-order valence-corrected chi connectivity index (χ3v) is 6.93. The molecule has 0 bridgehead atoms. The Morgan fingerprint density at radius 3 is 2.45 bits per heavy atom. The Hall–Kier alpha value is -2.84. The van der Waals surface area contributed by atoms with Gasteiger partial charge in [0.05, 0.1) is 18.9 Å². The molecule has 1 saturated heterocycles. The summed E-state index contributed by atoms with van der Waals surface area (Å²) in [5.74, 6) is 1.70. The number of likely N-dealkylation sites (tertiary alicyclic amines) is 1. The number of methoxy groups -OCH3 is 1. The van der Waals surface area contributed by atoms with Gasteiger partial charge in [-0.25, -0.2) is 0 Å². The molecule has 2 heterocycles. The Morgan fingerprint density at radius 2 is 1.79 bits per heavy atom. The van der Waals surface area contributed by atoms with Gasteiger partial charge in [-0.2, -0.15) is 0 Å². The highest BCUT2D eigenvalue weighted by Crippen LogP contribution is 2.34. The molecule has 0 aliphatic carbocycles. The van der Waals surface area contributed by atoms with Gasteiger partial charge in [0.15, 0.2) is 16.8 Å². The Bertz CT molecular complexity index is 1130. The maximum absolute atomic E-state index is 13.1. The first-order valence-corrected chi connectivity index (χ1v) is 12.2. The van der Waals surface area contributed by atoms with Crippen LogP contribution in [0.2, 0.25) is 5.02 Å².